The molecule has 3 unspecified atom stereocenters. The van der Waals surface area contributed by atoms with Crippen molar-refractivity contribution in [3.63, 3.8) is 0 Å². The van der Waals surface area contributed by atoms with Crippen molar-refractivity contribution in [2.45, 2.75) is 50.8 Å². The van der Waals surface area contributed by atoms with Crippen LogP contribution in [0.3, 0.4) is 0 Å². The predicted octanol–water partition coefficient (Wildman–Crippen LogP) is 1.15. The molecule has 3 N–H and O–H groups in total. The number of nitrogens with one attached hydrogen (secondary N) is 2. The van der Waals surface area contributed by atoms with Crippen molar-refractivity contribution in [3.8, 4) is 0 Å². The summed E-state index contributed by atoms with van der Waals surface area (Å²) in [6, 6.07) is 9.28. The average molecular weight is 524 g/mol. The van der Waals surface area contributed by atoms with Crippen LogP contribution >= 0.6 is 0 Å². The van der Waals surface area contributed by atoms with E-state index < -0.39 is 24.1 Å². The first-order valence-corrected chi connectivity index (χ1v) is 13.0. The van der Waals surface area contributed by atoms with Crippen molar-refractivity contribution in [2.75, 3.05) is 44.3 Å². The monoisotopic (exact) mass is 523 g/mol. The van der Waals surface area contributed by atoms with Gasteiger partial charge < -0.3 is 25.4 Å². The molecule has 204 valence electrons. The Labute approximate surface area is 223 Å². The van der Waals surface area contributed by atoms with E-state index in [1.165, 1.54) is 4.90 Å². The maximum atomic E-state index is 13.9. The summed E-state index contributed by atoms with van der Waals surface area (Å²) in [6.45, 7) is 8.29. The molecule has 0 radical (unpaired) electrons. The van der Waals surface area contributed by atoms with Gasteiger partial charge in [-0.15, -0.1) is 0 Å². The van der Waals surface area contributed by atoms with Crippen molar-refractivity contribution in [3.05, 3.63) is 59.9 Å². The minimum absolute atomic E-state index is 0.0928. The molecule has 2 aliphatic heterocycles. The van der Waals surface area contributed by atoms with Gasteiger partial charge in [-0.3, -0.25) is 24.3 Å². The van der Waals surface area contributed by atoms with Crippen LogP contribution in [0.1, 0.15) is 44.4 Å². The van der Waals surface area contributed by atoms with E-state index in [-0.39, 0.29) is 30.2 Å². The lowest BCUT2D eigenvalue weighted by molar-refractivity contribution is -0.136. The van der Waals surface area contributed by atoms with E-state index in [1.54, 1.807) is 29.4 Å². The van der Waals surface area contributed by atoms with Crippen LogP contribution in [0.4, 0.5) is 5.69 Å². The summed E-state index contributed by atoms with van der Waals surface area (Å²) < 4.78 is 5.31. The molecule has 2 fully saturated rings. The molecule has 0 aliphatic carbocycles. The fourth-order valence-corrected chi connectivity index (χ4v) is 4.74. The first kappa shape index (κ1) is 27.7. The van der Waals surface area contributed by atoms with Gasteiger partial charge in [0.2, 0.25) is 17.7 Å². The quantitative estimate of drug-likeness (QED) is 0.497. The number of aromatic nitrogens is 1. The third kappa shape index (κ3) is 6.56. The summed E-state index contributed by atoms with van der Waals surface area (Å²) in [5.74, 6) is -1.04. The zero-order valence-corrected chi connectivity index (χ0v) is 22.2. The molecule has 0 spiro atoms. The lowest BCUT2D eigenvalue weighted by Gasteiger charge is -2.34. The third-order valence-electron chi connectivity index (χ3n) is 6.94. The van der Waals surface area contributed by atoms with Gasteiger partial charge in [0.1, 0.15) is 6.04 Å². The number of carbonyl (C=O) groups is 3. The number of ether oxygens (including phenoxy) is 1. The van der Waals surface area contributed by atoms with E-state index in [4.69, 9.17) is 4.74 Å². The molecule has 1 aromatic heterocycles. The van der Waals surface area contributed by atoms with Gasteiger partial charge in [0.15, 0.2) is 0 Å². The van der Waals surface area contributed by atoms with Crippen molar-refractivity contribution >= 4 is 23.4 Å². The van der Waals surface area contributed by atoms with Crippen LogP contribution in [-0.2, 0) is 24.5 Å². The molecule has 3 atom stereocenters. The second kappa shape index (κ2) is 12.0. The Balaban J connectivity index is 1.67. The number of aliphatic hydroxyl groups is 1. The fraction of sp³-hybridized carbons (Fsp3) is 0.500. The highest BCUT2D eigenvalue weighted by atomic mass is 16.5. The number of pyridine rings is 1. The first-order chi connectivity index (χ1) is 18.1. The summed E-state index contributed by atoms with van der Waals surface area (Å²) in [5.41, 5.74) is 2.04. The molecule has 10 nitrogen and oxygen atoms in total. The Bertz CT molecular complexity index is 1110. The maximum absolute atomic E-state index is 13.9. The Hall–Kier alpha value is -3.34. The van der Waals surface area contributed by atoms with Crippen LogP contribution in [0, 0.1) is 0 Å². The fourth-order valence-electron chi connectivity index (χ4n) is 4.74. The molecule has 2 aromatic rings. The SMILES string of the molecule is CC(C)(C)c1ccc(N(C(=O)C2CC(O)CN2)C(C(=O)NCC(=O)N2CCOCC2)c2cccnc2)cc1. The maximum Gasteiger partial charge on any atom is 0.248 e. The van der Waals surface area contributed by atoms with Crippen LogP contribution in [-0.4, -0.2) is 84.3 Å². The molecule has 10 heteroatoms. The molecule has 4 rings (SSSR count). The Morgan fingerprint density at radius 2 is 1.89 bits per heavy atom. The number of morpholine rings is 1. The lowest BCUT2D eigenvalue weighted by atomic mass is 9.87. The smallest absolute Gasteiger partial charge is 0.248 e. The first-order valence-electron chi connectivity index (χ1n) is 13.0. The molecule has 2 aliphatic rings. The Morgan fingerprint density at radius 3 is 2.47 bits per heavy atom. The van der Waals surface area contributed by atoms with Crippen molar-refractivity contribution < 1.29 is 24.2 Å². The van der Waals surface area contributed by atoms with E-state index in [1.807, 2.05) is 24.3 Å². The summed E-state index contributed by atoms with van der Waals surface area (Å²) in [4.78, 5) is 47.7. The van der Waals surface area contributed by atoms with Crippen molar-refractivity contribution in [2.24, 2.45) is 0 Å². The summed E-state index contributed by atoms with van der Waals surface area (Å²) >= 11 is 0. The zero-order chi connectivity index (χ0) is 27.3. The summed E-state index contributed by atoms with van der Waals surface area (Å²) in [6.07, 6.45) is 2.74. The van der Waals surface area contributed by atoms with E-state index >= 15 is 0 Å². The number of amides is 3. The number of hydrogen-bond acceptors (Lipinski definition) is 7. The van der Waals surface area contributed by atoms with E-state index in [9.17, 15) is 19.5 Å². The number of hydrogen-bond donors (Lipinski definition) is 3. The highest BCUT2D eigenvalue weighted by Gasteiger charge is 2.39. The zero-order valence-electron chi connectivity index (χ0n) is 22.2. The topological polar surface area (TPSA) is 124 Å². The highest BCUT2D eigenvalue weighted by Crippen LogP contribution is 2.32. The second-order valence-corrected chi connectivity index (χ2v) is 10.8. The van der Waals surface area contributed by atoms with Gasteiger partial charge in [-0.05, 0) is 35.6 Å². The summed E-state index contributed by atoms with van der Waals surface area (Å²) in [5, 5.41) is 15.9. The number of carbonyl (C=O) groups excluding carboxylic acids is 3. The molecule has 1 aromatic carbocycles. The Kier molecular flexibility index (Phi) is 8.76. The molecular weight excluding hydrogens is 486 g/mol. The van der Waals surface area contributed by atoms with Crippen molar-refractivity contribution in [1.29, 1.82) is 0 Å². The number of nitrogens with zero attached hydrogens (tertiary/aromatic N) is 3. The molecule has 0 bridgehead atoms. The third-order valence-corrected chi connectivity index (χ3v) is 6.94. The lowest BCUT2D eigenvalue weighted by Crippen LogP contribution is -2.51. The number of aliphatic hydroxyl groups excluding tert-OH is 1. The minimum atomic E-state index is -1.08. The molecule has 3 heterocycles. The van der Waals surface area contributed by atoms with Gasteiger partial charge in [-0.2, -0.15) is 0 Å². The van der Waals surface area contributed by atoms with Crippen LogP contribution in [0.15, 0.2) is 48.8 Å². The van der Waals surface area contributed by atoms with Gasteiger partial charge in [0, 0.05) is 43.3 Å². The standard InChI is InChI=1S/C28H37N5O5/c1-28(2,3)20-6-8-21(9-7-20)33(27(37)23-15-22(34)17-30-23)25(19-5-4-10-29-16-19)26(36)31-18-24(35)32-11-13-38-14-12-32/h4-10,16,22-23,25,30,34H,11-15,17-18H2,1-3H3,(H,31,36). The van der Waals surface area contributed by atoms with Gasteiger partial charge in [0.25, 0.3) is 0 Å². The van der Waals surface area contributed by atoms with Crippen LogP contribution in [0.5, 0.6) is 0 Å². The van der Waals surface area contributed by atoms with Gasteiger partial charge in [-0.1, -0.05) is 39.0 Å². The largest absolute Gasteiger partial charge is 0.392 e. The van der Waals surface area contributed by atoms with Gasteiger partial charge in [-0.25, -0.2) is 0 Å². The number of β-amino-alcohol motifs (C(OH)–C–C–N with tert-alkyl or cyclic N) is 1. The molecule has 38 heavy (non-hydrogen) atoms. The second-order valence-electron chi connectivity index (χ2n) is 10.8. The predicted molar refractivity (Wildman–Crippen MR) is 142 cm³/mol. The number of rotatable bonds is 7. The van der Waals surface area contributed by atoms with Crippen LogP contribution in [0.2, 0.25) is 0 Å². The normalized spacial score (nSPS) is 20.6. The highest BCUT2D eigenvalue weighted by molar-refractivity contribution is 6.04. The van der Waals surface area contributed by atoms with Gasteiger partial charge >= 0.3 is 0 Å². The van der Waals surface area contributed by atoms with Crippen LogP contribution < -0.4 is 15.5 Å². The molecule has 3 amide bonds. The number of benzene rings is 1. The van der Waals surface area contributed by atoms with E-state index in [0.717, 1.165) is 5.56 Å². The average Bonchev–Trinajstić information content (AvgIpc) is 3.36. The molecule has 2 saturated heterocycles. The van der Waals surface area contributed by atoms with Gasteiger partial charge in [0.05, 0.1) is 31.9 Å². The van der Waals surface area contributed by atoms with Crippen molar-refractivity contribution in [1.82, 2.24) is 20.5 Å². The van der Waals surface area contributed by atoms with Crippen LogP contribution in [0.25, 0.3) is 0 Å². The summed E-state index contributed by atoms with van der Waals surface area (Å²) in [7, 11) is 0. The van der Waals surface area contributed by atoms with E-state index in [2.05, 4.69) is 36.4 Å². The Morgan fingerprint density at radius 1 is 1.18 bits per heavy atom. The minimum Gasteiger partial charge on any atom is -0.392 e. The molecular formula is C28H37N5O5. The van der Waals surface area contributed by atoms with E-state index in [0.29, 0.717) is 44.1 Å². The molecule has 0 saturated carbocycles. The number of anilines is 1.